The first kappa shape index (κ1) is 112. The van der Waals surface area contributed by atoms with Crippen LogP contribution in [-0.2, 0) is 54.7 Å². The first-order chi connectivity index (χ1) is 62.7. The van der Waals surface area contributed by atoms with Crippen LogP contribution in [0.5, 0.6) is 34.5 Å². The normalized spacial score (nSPS) is 10.9. The molecule has 1 aliphatic rings. The van der Waals surface area contributed by atoms with Gasteiger partial charge in [-0.15, -0.1) is 33.3 Å². The first-order valence-electron chi connectivity index (χ1n) is 40.5. The lowest BCUT2D eigenvalue weighted by Crippen LogP contribution is -2.36. The van der Waals surface area contributed by atoms with Gasteiger partial charge in [-0.25, -0.2) is 23.2 Å². The van der Waals surface area contributed by atoms with Gasteiger partial charge in [0.1, 0.15) is 46.4 Å². The SMILES string of the molecule is C#CCN.CC(=O)NC[C@H]1CN(c2ccc(I)c(F)c2)C(=O)O1.CCN.CCN(Cc1ccc(B(O)O)cc1)B(C)O.CCNCc1ccc(B(O)O)cc1.COc1ccc(B(O)O)cc1.COc1ccc(CCl)cc1.COc1ccc(CN=[N+]=[N-])cc1.COc1ccc(Cn2ccnn2)cc1.COc1ccc(Cn2ccnn2)cc1.COc1ccc(Cn2ccnn2)cc1. The van der Waals surface area contributed by atoms with Crippen molar-refractivity contribution in [1.82, 2.24) is 60.4 Å². The average Bonchev–Trinajstić information content (AvgIpc) is 1.68. The molecule has 9 aromatic carbocycles. The third-order valence-electron chi connectivity index (χ3n) is 17.4. The maximum Gasteiger partial charge on any atom is 0.488 e. The van der Waals surface area contributed by atoms with Crippen molar-refractivity contribution in [2.45, 2.75) is 85.8 Å². The number of anilines is 1. The first-order valence-corrected chi connectivity index (χ1v) is 42.1. The molecule has 0 spiro atoms. The fraction of sp³-hybridized carbons (Fsp3) is 0.281. The summed E-state index contributed by atoms with van der Waals surface area (Å²) in [5.74, 6) is 7.19. The van der Waals surface area contributed by atoms with E-state index in [-0.39, 0.29) is 18.3 Å². The highest BCUT2D eigenvalue weighted by Gasteiger charge is 2.33. The fourth-order valence-corrected chi connectivity index (χ4v) is 10.9. The van der Waals surface area contributed by atoms with E-state index >= 15 is 0 Å². The van der Waals surface area contributed by atoms with Gasteiger partial charge in [0.25, 0.3) is 0 Å². The molecule has 13 rings (SSSR count). The fourth-order valence-electron chi connectivity index (χ4n) is 10.4. The standard InChI is InChI=1S/C12H12FIN2O3.C10H17B2NO3.3C10H11N3O.C9H14BNO2.C8H9ClO.C8H9N3O.C7H9BO3.C3H5N.C2H7N/c1-7(17)15-5-9-6-16(12(18)19-9)8-2-3-11(14)10(13)4-8;1-3-13(11(2)14)8-9-4-6-10(7-5-9)12(15)16;3*1-14-10-4-2-9(3-5-10)8-13-7-6-11-12-13;1-2-11-7-8-3-5-9(6-4-8)10(12)13;1-10-8-4-2-7(6-9)3-5-8;1-12-8-4-2-7(3-5-8)6-10-11-9;1-11-7-4-2-6(3-5-7)8(9)10;1-2-3-4;1-2-3/h2-4,9H,5-6H2,1H3,(H,15,17);4-7,14-16H,3,8H2,1-2H3;3*2-7H,8H2,1H3;3-6,11-13H,2,7H2,1H3;2-5H,6H2,1H3;2-5H,6H2,1H3;2-5,9-10H,1H3;1H,3-4H2;2-3H2,1H3/t9-;;;;;;;;;;/m0........../s1. The van der Waals surface area contributed by atoms with E-state index in [2.05, 4.69) is 63.9 Å². The molecule has 1 atom stereocenters. The number of hydrogen-bond acceptors (Lipinski definition) is 27. The Morgan fingerprint density at radius 1 is 0.585 bits per heavy atom. The molecular formula is C89H115B4ClFIN18O16. The van der Waals surface area contributed by atoms with Crippen LogP contribution < -0.4 is 71.8 Å². The van der Waals surface area contributed by atoms with Crippen molar-refractivity contribution < 1.29 is 82.3 Å². The summed E-state index contributed by atoms with van der Waals surface area (Å²) in [4.78, 5) is 28.4. The number of ether oxygens (including phenoxy) is 7. The van der Waals surface area contributed by atoms with Crippen LogP contribution in [0.2, 0.25) is 6.82 Å². The Balaban J connectivity index is 0.000000375. The highest BCUT2D eigenvalue weighted by atomic mass is 127. The zero-order valence-electron chi connectivity index (χ0n) is 74.7. The van der Waals surface area contributed by atoms with Gasteiger partial charge in [0, 0.05) is 53.0 Å². The largest absolute Gasteiger partial charge is 0.497 e. The quantitative estimate of drug-likeness (QED) is 0.00416. The highest BCUT2D eigenvalue weighted by molar-refractivity contribution is 14.1. The van der Waals surface area contributed by atoms with E-state index in [1.165, 1.54) is 34.6 Å². The Hall–Kier alpha value is -12.4. The van der Waals surface area contributed by atoms with Crippen LogP contribution >= 0.6 is 34.2 Å². The van der Waals surface area contributed by atoms with Crippen LogP contribution in [0.3, 0.4) is 0 Å². The average molecular weight is 1920 g/mol. The van der Waals surface area contributed by atoms with Crippen molar-refractivity contribution in [2.24, 2.45) is 16.6 Å². The summed E-state index contributed by atoms with van der Waals surface area (Å²) in [6.45, 7) is 16.5. The molecule has 1 aliphatic heterocycles. The Kier molecular flexibility index (Phi) is 57.5. The summed E-state index contributed by atoms with van der Waals surface area (Å²) in [7, 11) is 5.13. The zero-order valence-corrected chi connectivity index (χ0v) is 77.6. The van der Waals surface area contributed by atoms with Gasteiger partial charge in [-0.2, -0.15) is 0 Å². The molecule has 3 aromatic heterocycles. The van der Waals surface area contributed by atoms with Crippen molar-refractivity contribution in [3.63, 3.8) is 0 Å². The van der Waals surface area contributed by atoms with Gasteiger partial charge in [0.05, 0.1) is 113 Å². The molecule has 690 valence electrons. The van der Waals surface area contributed by atoms with Gasteiger partial charge in [-0.1, -0.05) is 169 Å². The van der Waals surface area contributed by atoms with Crippen LogP contribution in [0, 0.1) is 21.7 Å². The number of nitrogens with one attached hydrogen (secondary N) is 2. The lowest BCUT2D eigenvalue weighted by Gasteiger charge is -2.21. The number of rotatable bonds is 28. The minimum absolute atomic E-state index is 0.185. The molecule has 41 heteroatoms. The third-order valence-corrected chi connectivity index (χ3v) is 18.6. The van der Waals surface area contributed by atoms with Crippen LogP contribution in [0.4, 0.5) is 14.9 Å². The van der Waals surface area contributed by atoms with Crippen LogP contribution in [-0.4, -0.2) is 213 Å². The molecule has 0 bridgehead atoms. The number of carbonyl (C=O) groups excluding carboxylic acids is 2. The van der Waals surface area contributed by atoms with Crippen molar-refractivity contribution in [3.05, 3.63) is 308 Å². The third kappa shape index (κ3) is 47.1. The number of nitrogens with zero attached hydrogens (tertiary/aromatic N) is 14. The van der Waals surface area contributed by atoms with E-state index in [4.69, 9.17) is 91.9 Å². The second-order valence-electron chi connectivity index (χ2n) is 26.9. The van der Waals surface area contributed by atoms with Gasteiger partial charge in [-0.3, -0.25) is 9.69 Å². The van der Waals surface area contributed by atoms with Crippen LogP contribution in [0.25, 0.3) is 10.4 Å². The molecule has 12 aromatic rings. The second-order valence-corrected chi connectivity index (χ2v) is 28.3. The van der Waals surface area contributed by atoms with Gasteiger partial charge in [0.2, 0.25) is 5.91 Å². The van der Waals surface area contributed by atoms with E-state index in [1.807, 2.05) is 212 Å². The summed E-state index contributed by atoms with van der Waals surface area (Å²) in [5, 5.41) is 94.5. The number of amides is 2. The van der Waals surface area contributed by atoms with E-state index in [1.54, 1.807) is 143 Å². The number of aromatic nitrogens is 9. The van der Waals surface area contributed by atoms with E-state index < -0.39 is 40.6 Å². The number of halogens is 3. The molecule has 1 saturated heterocycles. The lowest BCUT2D eigenvalue weighted by molar-refractivity contribution is -0.119. The predicted molar refractivity (Wildman–Crippen MR) is 515 cm³/mol. The number of azide groups is 1. The number of nitrogens with two attached hydrogens (primary N) is 2. The molecular weight excluding hydrogens is 1800 g/mol. The summed E-state index contributed by atoms with van der Waals surface area (Å²) in [6, 6.07) is 64.2. The molecule has 0 saturated carbocycles. The Morgan fingerprint density at radius 2 is 0.923 bits per heavy atom. The molecule has 0 aliphatic carbocycles. The zero-order chi connectivity index (χ0) is 95.8. The lowest BCUT2D eigenvalue weighted by atomic mass is 9.80. The topological polar surface area (TPSA) is 464 Å². The number of cyclic esters (lactones) is 1. The van der Waals surface area contributed by atoms with E-state index in [0.29, 0.717) is 63.5 Å². The number of carbonyl (C=O) groups is 2. The number of methoxy groups -OCH3 is 6. The number of benzene rings is 9. The second kappa shape index (κ2) is 66.9. The minimum atomic E-state index is -1.42. The number of alkyl halides is 1. The van der Waals surface area contributed by atoms with Crippen molar-refractivity contribution >= 4 is 96.7 Å². The van der Waals surface area contributed by atoms with Crippen molar-refractivity contribution in [3.8, 4) is 46.8 Å². The van der Waals surface area contributed by atoms with Crippen molar-refractivity contribution in [1.29, 1.82) is 0 Å². The molecule has 13 N–H and O–H groups in total. The molecule has 1 fully saturated rings. The van der Waals surface area contributed by atoms with E-state index in [0.717, 1.165) is 96.8 Å². The molecule has 2 amide bonds. The minimum Gasteiger partial charge on any atom is -0.497 e. The molecule has 0 radical (unpaired) electrons. The molecule has 0 unspecified atom stereocenters. The monoisotopic (exact) mass is 1920 g/mol. The van der Waals surface area contributed by atoms with E-state index in [9.17, 15) is 19.0 Å². The van der Waals surface area contributed by atoms with Gasteiger partial charge in [-0.05, 0) is 201 Å². The maximum absolute atomic E-state index is 13.5. The van der Waals surface area contributed by atoms with Gasteiger partial charge >= 0.3 is 34.5 Å². The number of terminal acetylenes is 1. The molecule has 130 heavy (non-hydrogen) atoms. The van der Waals surface area contributed by atoms with Crippen LogP contribution in [0.15, 0.2) is 255 Å². The molecule has 34 nitrogen and oxygen atoms in total. The maximum atomic E-state index is 13.5. The predicted octanol–water partition coefficient (Wildman–Crippen LogP) is 8.53. The summed E-state index contributed by atoms with van der Waals surface area (Å²) >= 11 is 7.46. The Labute approximate surface area is 778 Å². The Morgan fingerprint density at radius 3 is 1.22 bits per heavy atom. The summed E-state index contributed by atoms with van der Waals surface area (Å²) in [5.41, 5.74) is 27.4. The summed E-state index contributed by atoms with van der Waals surface area (Å²) < 4.78 is 54.4. The van der Waals surface area contributed by atoms with Gasteiger partial charge in [0.15, 0.2) is 0 Å². The summed E-state index contributed by atoms with van der Waals surface area (Å²) in [6.07, 6.45) is 14.2. The molecule has 4 heterocycles. The smallest absolute Gasteiger partial charge is 0.488 e. The number of hydrogen-bond donors (Lipinski definition) is 11. The van der Waals surface area contributed by atoms with Crippen molar-refractivity contribution in [2.75, 3.05) is 86.8 Å². The Bertz CT molecular complexity index is 4830. The van der Waals surface area contributed by atoms with Gasteiger partial charge < -0.3 is 95.2 Å². The highest BCUT2D eigenvalue weighted by Crippen LogP contribution is 2.25. The van der Waals surface area contributed by atoms with Crippen LogP contribution in [0.1, 0.15) is 66.6 Å².